The first kappa shape index (κ1) is 9.96. The van der Waals surface area contributed by atoms with Gasteiger partial charge in [0.1, 0.15) is 5.52 Å². The highest BCUT2D eigenvalue weighted by Gasteiger charge is 2.15. The summed E-state index contributed by atoms with van der Waals surface area (Å²) in [6.45, 7) is 6.58. The molecule has 1 aromatic carbocycles. The van der Waals surface area contributed by atoms with E-state index in [9.17, 15) is 0 Å². The molecule has 0 radical (unpaired) electrons. The van der Waals surface area contributed by atoms with Crippen molar-refractivity contribution < 1.29 is 4.42 Å². The third-order valence-electron chi connectivity index (χ3n) is 2.23. The van der Waals surface area contributed by atoms with Crippen LogP contribution in [0.25, 0.3) is 11.1 Å². The van der Waals surface area contributed by atoms with Gasteiger partial charge < -0.3 is 4.42 Å². The number of hydrogen-bond acceptors (Lipinski definition) is 2. The molecule has 0 spiro atoms. The summed E-state index contributed by atoms with van der Waals surface area (Å²) < 4.78 is 6.11. The predicted molar refractivity (Wildman–Crippen MR) is 65.4 cm³/mol. The molecule has 1 heterocycles. The topological polar surface area (TPSA) is 26.0 Å². The molecule has 0 aliphatic heterocycles. The largest absolute Gasteiger partial charge is 0.432 e. The highest BCUT2D eigenvalue weighted by molar-refractivity contribution is 14.1. The van der Waals surface area contributed by atoms with Gasteiger partial charge in [-0.1, -0.05) is 26.8 Å². The fraction of sp³-hybridized carbons (Fsp3) is 0.364. The predicted octanol–water partition coefficient (Wildman–Crippen LogP) is 3.73. The van der Waals surface area contributed by atoms with Gasteiger partial charge in [-0.2, -0.15) is 0 Å². The summed E-state index contributed by atoms with van der Waals surface area (Å²) in [4.78, 5) is 4.31. The second-order valence-electron chi connectivity index (χ2n) is 4.40. The summed E-state index contributed by atoms with van der Waals surface area (Å²) in [6.07, 6.45) is 0. The number of nitrogens with zero attached hydrogens (tertiary/aromatic N) is 1. The van der Waals surface area contributed by atoms with Crippen LogP contribution in [0.2, 0.25) is 0 Å². The van der Waals surface area contributed by atoms with Crippen molar-refractivity contribution in [3.8, 4) is 0 Å². The van der Waals surface area contributed by atoms with Gasteiger partial charge in [-0.05, 0) is 23.1 Å². The average Bonchev–Trinajstić information content (AvgIpc) is 2.41. The summed E-state index contributed by atoms with van der Waals surface area (Å²) in [7, 11) is 0. The van der Waals surface area contributed by atoms with Gasteiger partial charge in [-0.15, -0.1) is 0 Å². The maximum absolute atomic E-state index is 5.41. The molecule has 0 amide bonds. The molecule has 0 unspecified atom stereocenters. The van der Waals surface area contributed by atoms with E-state index < -0.39 is 0 Å². The molecule has 14 heavy (non-hydrogen) atoms. The minimum absolute atomic E-state index is 0.165. The lowest BCUT2D eigenvalue weighted by Gasteiger charge is -2.18. The fourth-order valence-electron chi connectivity index (χ4n) is 1.37. The van der Waals surface area contributed by atoms with Crippen molar-refractivity contribution in [2.24, 2.45) is 0 Å². The number of aromatic nitrogens is 1. The highest BCUT2D eigenvalue weighted by atomic mass is 127. The molecule has 0 saturated heterocycles. The smallest absolute Gasteiger partial charge is 0.258 e. The number of oxazole rings is 1. The molecule has 0 aliphatic carbocycles. The molecule has 1 aromatic heterocycles. The third-order valence-corrected chi connectivity index (χ3v) is 2.69. The van der Waals surface area contributed by atoms with E-state index in [-0.39, 0.29) is 5.41 Å². The molecule has 2 nitrogen and oxygen atoms in total. The molecule has 0 N–H and O–H groups in total. The summed E-state index contributed by atoms with van der Waals surface area (Å²) in [5.41, 5.74) is 3.26. The molecule has 2 rings (SSSR count). The molecule has 0 fully saturated rings. The van der Waals surface area contributed by atoms with Crippen molar-refractivity contribution >= 4 is 33.7 Å². The normalized spacial score (nSPS) is 12.3. The monoisotopic (exact) mass is 301 g/mol. The van der Waals surface area contributed by atoms with Crippen molar-refractivity contribution in [1.29, 1.82) is 0 Å². The molecule has 0 aliphatic rings. The molecule has 74 valence electrons. The van der Waals surface area contributed by atoms with E-state index in [1.165, 1.54) is 5.56 Å². The van der Waals surface area contributed by atoms with Gasteiger partial charge in [0.2, 0.25) is 0 Å². The second kappa shape index (κ2) is 3.22. The van der Waals surface area contributed by atoms with E-state index >= 15 is 0 Å². The van der Waals surface area contributed by atoms with E-state index in [4.69, 9.17) is 4.42 Å². The SMILES string of the molecule is CC(C)(C)c1ccc2oc(I)nc2c1. The molecule has 0 atom stereocenters. The van der Waals surface area contributed by atoms with Crippen LogP contribution >= 0.6 is 22.6 Å². The molecule has 0 saturated carbocycles. The Kier molecular flexibility index (Phi) is 2.29. The van der Waals surface area contributed by atoms with Crippen LogP contribution in [-0.2, 0) is 5.41 Å². The van der Waals surface area contributed by atoms with Crippen molar-refractivity contribution in [2.45, 2.75) is 26.2 Å². The molecule has 2 aromatic rings. The number of benzene rings is 1. The van der Waals surface area contributed by atoms with Crippen molar-refractivity contribution in [3.63, 3.8) is 0 Å². The molecule has 3 heteroatoms. The number of halogens is 1. The van der Waals surface area contributed by atoms with E-state index in [2.05, 4.69) is 60.5 Å². The Balaban J connectivity index is 2.62. The zero-order valence-electron chi connectivity index (χ0n) is 8.47. The number of rotatable bonds is 0. The standard InChI is InChI=1S/C11H12INO/c1-11(2,3)7-4-5-9-8(6-7)13-10(12)14-9/h4-6H,1-3H3. The quantitative estimate of drug-likeness (QED) is 0.693. The van der Waals surface area contributed by atoms with E-state index in [1.807, 2.05) is 6.07 Å². The van der Waals surface area contributed by atoms with Gasteiger partial charge in [0.25, 0.3) is 3.90 Å². The van der Waals surface area contributed by atoms with Gasteiger partial charge in [-0.3, -0.25) is 0 Å². The van der Waals surface area contributed by atoms with Crippen molar-refractivity contribution in [1.82, 2.24) is 4.98 Å². The zero-order chi connectivity index (χ0) is 10.3. The Morgan fingerprint density at radius 2 is 2.00 bits per heavy atom. The minimum atomic E-state index is 0.165. The second-order valence-corrected chi connectivity index (χ2v) is 5.32. The Morgan fingerprint density at radius 1 is 1.29 bits per heavy atom. The lowest BCUT2D eigenvalue weighted by molar-refractivity contribution is 0.565. The van der Waals surface area contributed by atoms with Crippen LogP contribution in [0.5, 0.6) is 0 Å². The summed E-state index contributed by atoms with van der Waals surface area (Å²) in [6, 6.07) is 6.19. The summed E-state index contributed by atoms with van der Waals surface area (Å²) in [5, 5.41) is 0. The Labute approximate surface area is 96.8 Å². The van der Waals surface area contributed by atoms with Crippen LogP contribution in [0.4, 0.5) is 0 Å². The molecule has 0 bridgehead atoms. The number of fused-ring (bicyclic) bond motifs is 1. The summed E-state index contributed by atoms with van der Waals surface area (Å²) in [5.74, 6) is 0. The van der Waals surface area contributed by atoms with Crippen LogP contribution in [0.15, 0.2) is 22.6 Å². The average molecular weight is 301 g/mol. The van der Waals surface area contributed by atoms with E-state index in [1.54, 1.807) is 0 Å². The van der Waals surface area contributed by atoms with E-state index in [0.29, 0.717) is 3.90 Å². The maximum Gasteiger partial charge on any atom is 0.258 e. The molecular weight excluding hydrogens is 289 g/mol. The van der Waals surface area contributed by atoms with Crippen LogP contribution in [0.1, 0.15) is 26.3 Å². The van der Waals surface area contributed by atoms with Gasteiger partial charge >= 0.3 is 0 Å². The highest BCUT2D eigenvalue weighted by Crippen LogP contribution is 2.26. The van der Waals surface area contributed by atoms with Crippen LogP contribution < -0.4 is 0 Å². The number of hydrogen-bond donors (Lipinski definition) is 0. The fourth-order valence-corrected chi connectivity index (χ4v) is 1.86. The van der Waals surface area contributed by atoms with Gasteiger partial charge in [-0.25, -0.2) is 4.98 Å². The lowest BCUT2D eigenvalue weighted by Crippen LogP contribution is -2.10. The molecular formula is C11H12INO. The summed E-state index contributed by atoms with van der Waals surface area (Å²) >= 11 is 2.09. The Bertz CT molecular complexity index is 468. The first-order chi connectivity index (χ1) is 6.47. The van der Waals surface area contributed by atoms with Gasteiger partial charge in [0.05, 0.1) is 0 Å². The zero-order valence-corrected chi connectivity index (χ0v) is 10.6. The Hall–Kier alpha value is -0.580. The maximum atomic E-state index is 5.41. The third kappa shape index (κ3) is 1.78. The van der Waals surface area contributed by atoms with Gasteiger partial charge in [0, 0.05) is 22.6 Å². The Morgan fingerprint density at radius 3 is 2.64 bits per heavy atom. The van der Waals surface area contributed by atoms with E-state index in [0.717, 1.165) is 11.1 Å². The van der Waals surface area contributed by atoms with Crippen molar-refractivity contribution in [2.75, 3.05) is 0 Å². The first-order valence-electron chi connectivity index (χ1n) is 4.53. The van der Waals surface area contributed by atoms with Gasteiger partial charge in [0.15, 0.2) is 5.58 Å². The van der Waals surface area contributed by atoms with Crippen LogP contribution in [0, 0.1) is 3.90 Å². The van der Waals surface area contributed by atoms with Crippen LogP contribution in [-0.4, -0.2) is 4.98 Å². The van der Waals surface area contributed by atoms with Crippen LogP contribution in [0.3, 0.4) is 0 Å². The van der Waals surface area contributed by atoms with Crippen molar-refractivity contribution in [3.05, 3.63) is 27.7 Å². The lowest BCUT2D eigenvalue weighted by atomic mass is 9.87. The minimum Gasteiger partial charge on any atom is -0.432 e. The first-order valence-corrected chi connectivity index (χ1v) is 5.61.